The van der Waals surface area contributed by atoms with E-state index in [1.807, 2.05) is 32.3 Å². The van der Waals surface area contributed by atoms with Gasteiger partial charge in [-0.05, 0) is 45.5 Å². The molecule has 1 aromatic rings. The van der Waals surface area contributed by atoms with Gasteiger partial charge in [-0.25, -0.2) is 0 Å². The number of aliphatic carboxylic acids is 1. The number of hydrogen-bond donors (Lipinski definition) is 1. The molecule has 0 unspecified atom stereocenters. The third-order valence-corrected chi connectivity index (χ3v) is 2.82. The highest BCUT2D eigenvalue weighted by Crippen LogP contribution is 2.24. The predicted octanol–water partition coefficient (Wildman–Crippen LogP) is 2.40. The van der Waals surface area contributed by atoms with E-state index in [9.17, 15) is 4.79 Å². The van der Waals surface area contributed by atoms with Crippen molar-refractivity contribution in [3.8, 4) is 0 Å². The zero-order valence-corrected chi connectivity index (χ0v) is 11.0. The number of nitrogens with zero attached hydrogens (tertiary/aromatic N) is 1. The minimum Gasteiger partial charge on any atom is -0.481 e. The standard InChI is InChI=1S/C14H21NO2/c1-14(2,13(16)17)9-11-7-5-6-8-12(11)10-15(3)4/h5-8H,9-10H2,1-4H3,(H,16,17). The molecule has 0 aliphatic heterocycles. The lowest BCUT2D eigenvalue weighted by molar-refractivity contribution is -0.146. The summed E-state index contributed by atoms with van der Waals surface area (Å²) < 4.78 is 0. The van der Waals surface area contributed by atoms with Gasteiger partial charge in [0.25, 0.3) is 0 Å². The van der Waals surface area contributed by atoms with E-state index in [0.29, 0.717) is 6.42 Å². The summed E-state index contributed by atoms with van der Waals surface area (Å²) in [6.07, 6.45) is 0.562. The molecule has 0 heterocycles. The van der Waals surface area contributed by atoms with E-state index in [1.54, 1.807) is 13.8 Å². The molecule has 1 aromatic carbocycles. The van der Waals surface area contributed by atoms with Gasteiger partial charge >= 0.3 is 5.97 Å². The molecule has 3 heteroatoms. The van der Waals surface area contributed by atoms with Crippen molar-refractivity contribution in [2.75, 3.05) is 14.1 Å². The van der Waals surface area contributed by atoms with E-state index in [0.717, 1.165) is 12.1 Å². The molecule has 0 bridgehead atoms. The Bertz CT molecular complexity index is 397. The van der Waals surface area contributed by atoms with Crippen LogP contribution in [0, 0.1) is 5.41 Å². The molecule has 0 saturated heterocycles. The summed E-state index contributed by atoms with van der Waals surface area (Å²) >= 11 is 0. The van der Waals surface area contributed by atoms with Crippen LogP contribution >= 0.6 is 0 Å². The Morgan fingerprint density at radius 3 is 2.24 bits per heavy atom. The molecule has 0 aliphatic carbocycles. The van der Waals surface area contributed by atoms with Gasteiger partial charge in [-0.2, -0.15) is 0 Å². The van der Waals surface area contributed by atoms with E-state index in [-0.39, 0.29) is 0 Å². The van der Waals surface area contributed by atoms with Gasteiger partial charge in [-0.1, -0.05) is 24.3 Å². The lowest BCUT2D eigenvalue weighted by Crippen LogP contribution is -2.27. The van der Waals surface area contributed by atoms with E-state index in [1.165, 1.54) is 5.56 Å². The second kappa shape index (κ2) is 5.32. The van der Waals surface area contributed by atoms with Crippen molar-refractivity contribution < 1.29 is 9.90 Å². The number of carbonyl (C=O) groups is 1. The molecule has 0 aliphatic rings. The summed E-state index contributed by atoms with van der Waals surface area (Å²) in [7, 11) is 4.03. The molecule has 0 aromatic heterocycles. The van der Waals surface area contributed by atoms with Gasteiger partial charge in [-0.15, -0.1) is 0 Å². The van der Waals surface area contributed by atoms with Crippen molar-refractivity contribution in [3.63, 3.8) is 0 Å². The molecule has 1 rings (SSSR count). The Hall–Kier alpha value is -1.35. The van der Waals surface area contributed by atoms with Crippen LogP contribution in [-0.4, -0.2) is 30.1 Å². The Morgan fingerprint density at radius 1 is 1.24 bits per heavy atom. The average Bonchev–Trinajstić information content (AvgIpc) is 2.19. The van der Waals surface area contributed by atoms with E-state index < -0.39 is 11.4 Å². The number of hydrogen-bond acceptors (Lipinski definition) is 2. The largest absolute Gasteiger partial charge is 0.481 e. The number of carboxylic acid groups (broad SMARTS) is 1. The summed E-state index contributed by atoms with van der Waals surface area (Å²) in [4.78, 5) is 13.2. The fourth-order valence-electron chi connectivity index (χ4n) is 1.78. The van der Waals surface area contributed by atoms with Crippen molar-refractivity contribution in [1.29, 1.82) is 0 Å². The first-order valence-corrected chi connectivity index (χ1v) is 5.78. The van der Waals surface area contributed by atoms with Gasteiger partial charge in [0.2, 0.25) is 0 Å². The molecular weight excluding hydrogens is 214 g/mol. The lowest BCUT2D eigenvalue weighted by Gasteiger charge is -2.22. The van der Waals surface area contributed by atoms with Crippen LogP contribution in [0.1, 0.15) is 25.0 Å². The van der Waals surface area contributed by atoms with Crippen LogP contribution in [0.4, 0.5) is 0 Å². The predicted molar refractivity (Wildman–Crippen MR) is 69.0 cm³/mol. The van der Waals surface area contributed by atoms with E-state index in [2.05, 4.69) is 11.0 Å². The SMILES string of the molecule is CN(C)Cc1ccccc1CC(C)(C)C(=O)O. The minimum atomic E-state index is -0.753. The van der Waals surface area contributed by atoms with Crippen molar-refractivity contribution in [2.24, 2.45) is 5.41 Å². The van der Waals surface area contributed by atoms with Gasteiger partial charge in [0, 0.05) is 6.54 Å². The number of carboxylic acids is 1. The van der Waals surface area contributed by atoms with E-state index >= 15 is 0 Å². The second-order valence-corrected chi connectivity index (χ2v) is 5.37. The maximum atomic E-state index is 11.1. The van der Waals surface area contributed by atoms with Gasteiger partial charge in [-0.3, -0.25) is 4.79 Å². The molecule has 0 saturated carbocycles. The van der Waals surface area contributed by atoms with Crippen molar-refractivity contribution in [3.05, 3.63) is 35.4 Å². The summed E-state index contributed by atoms with van der Waals surface area (Å²) in [6, 6.07) is 8.04. The van der Waals surface area contributed by atoms with E-state index in [4.69, 9.17) is 5.11 Å². The molecule has 0 radical (unpaired) electrons. The van der Waals surface area contributed by atoms with Crippen LogP contribution in [0.5, 0.6) is 0 Å². The first-order chi connectivity index (χ1) is 7.83. The van der Waals surface area contributed by atoms with Crippen LogP contribution in [-0.2, 0) is 17.8 Å². The molecule has 0 fully saturated rings. The third kappa shape index (κ3) is 3.86. The van der Waals surface area contributed by atoms with Crippen molar-refractivity contribution in [2.45, 2.75) is 26.8 Å². The fraction of sp³-hybridized carbons (Fsp3) is 0.500. The molecule has 94 valence electrons. The van der Waals surface area contributed by atoms with Gasteiger partial charge < -0.3 is 10.0 Å². The zero-order chi connectivity index (χ0) is 13.1. The maximum Gasteiger partial charge on any atom is 0.309 e. The van der Waals surface area contributed by atoms with Crippen molar-refractivity contribution in [1.82, 2.24) is 4.90 Å². The normalized spacial score (nSPS) is 11.8. The smallest absolute Gasteiger partial charge is 0.309 e. The van der Waals surface area contributed by atoms with Gasteiger partial charge in [0.15, 0.2) is 0 Å². The van der Waals surface area contributed by atoms with Crippen LogP contribution in [0.3, 0.4) is 0 Å². The van der Waals surface area contributed by atoms with Crippen molar-refractivity contribution >= 4 is 5.97 Å². The first kappa shape index (κ1) is 13.7. The lowest BCUT2D eigenvalue weighted by atomic mass is 9.84. The third-order valence-electron chi connectivity index (χ3n) is 2.82. The fourth-order valence-corrected chi connectivity index (χ4v) is 1.78. The Morgan fingerprint density at radius 2 is 1.76 bits per heavy atom. The molecule has 3 nitrogen and oxygen atoms in total. The monoisotopic (exact) mass is 235 g/mol. The van der Waals surface area contributed by atoms with Crippen LogP contribution in [0.25, 0.3) is 0 Å². The molecule has 17 heavy (non-hydrogen) atoms. The topological polar surface area (TPSA) is 40.5 Å². The molecule has 0 atom stereocenters. The first-order valence-electron chi connectivity index (χ1n) is 5.78. The molecule has 0 amide bonds. The summed E-state index contributed by atoms with van der Waals surface area (Å²) in [5.74, 6) is -0.753. The van der Waals surface area contributed by atoms with Crippen LogP contribution in [0.2, 0.25) is 0 Å². The molecular formula is C14H21NO2. The highest BCUT2D eigenvalue weighted by Gasteiger charge is 2.28. The maximum absolute atomic E-state index is 11.1. The highest BCUT2D eigenvalue weighted by molar-refractivity contribution is 5.74. The Balaban J connectivity index is 2.94. The average molecular weight is 235 g/mol. The highest BCUT2D eigenvalue weighted by atomic mass is 16.4. The second-order valence-electron chi connectivity index (χ2n) is 5.37. The Labute approximate surface area is 103 Å². The summed E-state index contributed by atoms with van der Waals surface area (Å²) in [5.41, 5.74) is 1.60. The number of benzene rings is 1. The van der Waals surface area contributed by atoms with Gasteiger partial charge in [0.05, 0.1) is 5.41 Å². The quantitative estimate of drug-likeness (QED) is 0.852. The molecule has 0 spiro atoms. The summed E-state index contributed by atoms with van der Waals surface area (Å²) in [5, 5.41) is 9.16. The Kier molecular flexibility index (Phi) is 4.29. The minimum absolute atomic E-state index is 0.562. The number of rotatable bonds is 5. The van der Waals surface area contributed by atoms with Crippen LogP contribution < -0.4 is 0 Å². The molecule has 1 N–H and O–H groups in total. The summed E-state index contributed by atoms with van der Waals surface area (Å²) in [6.45, 7) is 4.37. The van der Waals surface area contributed by atoms with Gasteiger partial charge in [0.1, 0.15) is 0 Å². The van der Waals surface area contributed by atoms with Crippen LogP contribution in [0.15, 0.2) is 24.3 Å². The zero-order valence-electron chi connectivity index (χ0n) is 11.0.